The molecule has 1 atom stereocenters. The summed E-state index contributed by atoms with van der Waals surface area (Å²) < 4.78 is 1.65. The van der Waals surface area contributed by atoms with Crippen molar-refractivity contribution < 1.29 is 9.59 Å². The fraction of sp³-hybridized carbons (Fsp3) is 0.467. The van der Waals surface area contributed by atoms with Crippen LogP contribution in [0.4, 0.5) is 10.9 Å². The van der Waals surface area contributed by atoms with E-state index in [2.05, 4.69) is 25.6 Å². The molecule has 2 amide bonds. The Hall–Kier alpha value is -2.26. The molecule has 1 fully saturated rings. The van der Waals surface area contributed by atoms with Gasteiger partial charge < -0.3 is 10.6 Å². The fourth-order valence-electron chi connectivity index (χ4n) is 2.85. The number of anilines is 2. The number of aromatic nitrogens is 3. The molecule has 0 radical (unpaired) electrons. The summed E-state index contributed by atoms with van der Waals surface area (Å²) in [6.45, 7) is 2.62. The topological polar surface area (TPSA) is 92.1 Å². The molecule has 8 nitrogen and oxygen atoms in total. The number of hydrogen-bond acceptors (Lipinski definition) is 6. The Morgan fingerprint density at radius 3 is 2.96 bits per heavy atom. The standard InChI is InChI=1S/C15H20N6O2S/c1-10(22)16-15-17-11(9-24-15)12-4-3-6-21(12)8-14(23)18-13-5-7-20(2)19-13/h5,7,9,12H,3-4,6,8H2,1-2H3,(H,16,17,22)(H,18,19,23). The van der Waals surface area contributed by atoms with E-state index in [4.69, 9.17) is 0 Å². The van der Waals surface area contributed by atoms with E-state index in [-0.39, 0.29) is 17.9 Å². The highest BCUT2D eigenvalue weighted by Gasteiger charge is 2.29. The summed E-state index contributed by atoms with van der Waals surface area (Å²) in [5.41, 5.74) is 0.909. The first kappa shape index (κ1) is 16.6. The molecule has 3 heterocycles. The van der Waals surface area contributed by atoms with Crippen LogP contribution in [0, 0.1) is 0 Å². The molecule has 1 aliphatic heterocycles. The highest BCUT2D eigenvalue weighted by molar-refractivity contribution is 7.13. The van der Waals surface area contributed by atoms with Gasteiger partial charge in [-0.05, 0) is 19.4 Å². The first-order valence-electron chi connectivity index (χ1n) is 7.78. The van der Waals surface area contributed by atoms with Crippen LogP contribution in [-0.4, -0.2) is 44.6 Å². The monoisotopic (exact) mass is 348 g/mol. The first-order valence-corrected chi connectivity index (χ1v) is 8.66. The SMILES string of the molecule is CC(=O)Nc1nc(C2CCCN2CC(=O)Nc2ccn(C)n2)cs1. The van der Waals surface area contributed by atoms with Crippen molar-refractivity contribution >= 4 is 34.1 Å². The molecular formula is C15H20N6O2S. The van der Waals surface area contributed by atoms with Crippen LogP contribution in [-0.2, 0) is 16.6 Å². The molecular weight excluding hydrogens is 328 g/mol. The number of likely N-dealkylation sites (tertiary alicyclic amines) is 1. The van der Waals surface area contributed by atoms with Crippen LogP contribution in [0.2, 0.25) is 0 Å². The molecule has 24 heavy (non-hydrogen) atoms. The Balaban J connectivity index is 1.61. The van der Waals surface area contributed by atoms with E-state index in [9.17, 15) is 9.59 Å². The van der Waals surface area contributed by atoms with Gasteiger partial charge in [-0.2, -0.15) is 5.10 Å². The molecule has 1 aliphatic rings. The first-order chi connectivity index (χ1) is 11.5. The normalized spacial score (nSPS) is 17.8. The third kappa shape index (κ3) is 3.98. The van der Waals surface area contributed by atoms with E-state index >= 15 is 0 Å². The number of nitrogens with zero attached hydrogens (tertiary/aromatic N) is 4. The predicted molar refractivity (Wildman–Crippen MR) is 91.8 cm³/mol. The Kier molecular flexibility index (Phi) is 4.91. The van der Waals surface area contributed by atoms with Crippen LogP contribution >= 0.6 is 11.3 Å². The van der Waals surface area contributed by atoms with Crippen molar-refractivity contribution in [2.24, 2.45) is 7.05 Å². The molecule has 2 aromatic heterocycles. The highest BCUT2D eigenvalue weighted by atomic mass is 32.1. The lowest BCUT2D eigenvalue weighted by atomic mass is 10.2. The van der Waals surface area contributed by atoms with Gasteiger partial charge in [-0.15, -0.1) is 11.3 Å². The fourth-order valence-corrected chi connectivity index (χ4v) is 3.65. The maximum absolute atomic E-state index is 12.2. The van der Waals surface area contributed by atoms with Gasteiger partial charge in [-0.1, -0.05) is 0 Å². The molecule has 3 rings (SSSR count). The van der Waals surface area contributed by atoms with E-state index in [0.29, 0.717) is 17.5 Å². The van der Waals surface area contributed by atoms with Gasteiger partial charge in [0.1, 0.15) is 0 Å². The molecule has 1 saturated heterocycles. The molecule has 2 N–H and O–H groups in total. The molecule has 128 valence electrons. The number of hydrogen-bond donors (Lipinski definition) is 2. The van der Waals surface area contributed by atoms with Crippen LogP contribution in [0.5, 0.6) is 0 Å². The van der Waals surface area contributed by atoms with E-state index in [1.165, 1.54) is 18.3 Å². The summed E-state index contributed by atoms with van der Waals surface area (Å²) in [6, 6.07) is 1.87. The van der Waals surface area contributed by atoms with Crippen molar-refractivity contribution in [3.05, 3.63) is 23.3 Å². The average molecular weight is 348 g/mol. The van der Waals surface area contributed by atoms with Crippen molar-refractivity contribution in [3.63, 3.8) is 0 Å². The van der Waals surface area contributed by atoms with Crippen molar-refractivity contribution in [2.45, 2.75) is 25.8 Å². The lowest BCUT2D eigenvalue weighted by Gasteiger charge is -2.22. The van der Waals surface area contributed by atoms with Crippen LogP contribution in [0.1, 0.15) is 31.5 Å². The number of aryl methyl sites for hydroxylation is 1. The Morgan fingerprint density at radius 1 is 1.42 bits per heavy atom. The smallest absolute Gasteiger partial charge is 0.239 e. The van der Waals surface area contributed by atoms with Crippen LogP contribution in [0.15, 0.2) is 17.6 Å². The van der Waals surface area contributed by atoms with Crippen molar-refractivity contribution in [1.29, 1.82) is 0 Å². The minimum absolute atomic E-state index is 0.0853. The lowest BCUT2D eigenvalue weighted by Crippen LogP contribution is -2.33. The van der Waals surface area contributed by atoms with Crippen molar-refractivity contribution in [1.82, 2.24) is 19.7 Å². The second kappa shape index (κ2) is 7.10. The summed E-state index contributed by atoms with van der Waals surface area (Å²) in [4.78, 5) is 29.9. The molecule has 0 bridgehead atoms. The number of carbonyl (C=O) groups excluding carboxylic acids is 2. The number of thiazole rings is 1. The zero-order valence-corrected chi connectivity index (χ0v) is 14.5. The minimum atomic E-state index is -0.131. The molecule has 0 spiro atoms. The van der Waals surface area contributed by atoms with Gasteiger partial charge in [0.15, 0.2) is 10.9 Å². The quantitative estimate of drug-likeness (QED) is 0.856. The maximum atomic E-state index is 12.2. The zero-order chi connectivity index (χ0) is 17.1. The Morgan fingerprint density at radius 2 is 2.25 bits per heavy atom. The summed E-state index contributed by atoms with van der Waals surface area (Å²) >= 11 is 1.41. The van der Waals surface area contributed by atoms with Gasteiger partial charge in [0.25, 0.3) is 0 Å². The number of carbonyl (C=O) groups is 2. The van der Waals surface area contributed by atoms with E-state index in [1.807, 2.05) is 5.38 Å². The summed E-state index contributed by atoms with van der Waals surface area (Å²) in [6.07, 6.45) is 3.77. The van der Waals surface area contributed by atoms with E-state index < -0.39 is 0 Å². The summed E-state index contributed by atoms with van der Waals surface area (Å²) in [7, 11) is 1.81. The molecule has 9 heteroatoms. The van der Waals surface area contributed by atoms with Crippen molar-refractivity contribution in [3.8, 4) is 0 Å². The van der Waals surface area contributed by atoms with E-state index in [0.717, 1.165) is 25.1 Å². The van der Waals surface area contributed by atoms with Gasteiger partial charge >= 0.3 is 0 Å². The molecule has 2 aromatic rings. The number of nitrogens with one attached hydrogen (secondary N) is 2. The van der Waals surface area contributed by atoms with Gasteiger partial charge in [-0.3, -0.25) is 19.2 Å². The Labute approximate surface area is 143 Å². The second-order valence-corrected chi connectivity index (χ2v) is 6.67. The van der Waals surface area contributed by atoms with Crippen molar-refractivity contribution in [2.75, 3.05) is 23.7 Å². The van der Waals surface area contributed by atoms with Crippen LogP contribution < -0.4 is 10.6 Å². The van der Waals surface area contributed by atoms with Gasteiger partial charge in [-0.25, -0.2) is 4.98 Å². The average Bonchev–Trinajstić information content (AvgIpc) is 3.20. The van der Waals surface area contributed by atoms with Gasteiger partial charge in [0.2, 0.25) is 11.8 Å². The summed E-state index contributed by atoms with van der Waals surface area (Å²) in [5, 5.41) is 12.2. The predicted octanol–water partition coefficient (Wildman–Crippen LogP) is 1.61. The molecule has 1 unspecified atom stereocenters. The van der Waals surface area contributed by atoms with Gasteiger partial charge in [0, 0.05) is 31.6 Å². The van der Waals surface area contributed by atoms with Crippen LogP contribution in [0.3, 0.4) is 0 Å². The molecule has 0 aliphatic carbocycles. The van der Waals surface area contributed by atoms with Gasteiger partial charge in [0.05, 0.1) is 18.3 Å². The zero-order valence-electron chi connectivity index (χ0n) is 13.7. The second-order valence-electron chi connectivity index (χ2n) is 5.81. The highest BCUT2D eigenvalue weighted by Crippen LogP contribution is 2.33. The number of rotatable bonds is 5. The minimum Gasteiger partial charge on any atom is -0.308 e. The Bertz CT molecular complexity index is 740. The van der Waals surface area contributed by atoms with E-state index in [1.54, 1.807) is 24.0 Å². The third-order valence-electron chi connectivity index (χ3n) is 3.84. The largest absolute Gasteiger partial charge is 0.308 e. The van der Waals surface area contributed by atoms with Crippen LogP contribution in [0.25, 0.3) is 0 Å². The molecule has 0 aromatic carbocycles. The maximum Gasteiger partial charge on any atom is 0.239 e. The third-order valence-corrected chi connectivity index (χ3v) is 4.61. The lowest BCUT2D eigenvalue weighted by molar-refractivity contribution is -0.117. The molecule has 0 saturated carbocycles. The summed E-state index contributed by atoms with van der Waals surface area (Å²) in [5.74, 6) is 0.340. The number of amides is 2.